The van der Waals surface area contributed by atoms with Crippen molar-refractivity contribution in [1.82, 2.24) is 9.80 Å². The molecule has 0 aliphatic carbocycles. The van der Waals surface area contributed by atoms with Crippen LogP contribution >= 0.6 is 23.2 Å². The van der Waals surface area contributed by atoms with E-state index in [0.29, 0.717) is 46.8 Å². The summed E-state index contributed by atoms with van der Waals surface area (Å²) >= 11 is 12.5. The molecule has 4 rings (SSSR count). The van der Waals surface area contributed by atoms with Gasteiger partial charge in [0.05, 0.1) is 46.7 Å². The normalized spacial score (nSPS) is 20.0. The highest BCUT2D eigenvalue weighted by atomic mass is 35.5. The Bertz CT molecular complexity index is 1300. The molecule has 2 saturated heterocycles. The van der Waals surface area contributed by atoms with Crippen LogP contribution < -0.4 is 0 Å². The van der Waals surface area contributed by atoms with Crippen molar-refractivity contribution in [2.75, 3.05) is 53.0 Å². The topological polar surface area (TPSA) is 57.5 Å². The predicted molar refractivity (Wildman–Crippen MR) is 170 cm³/mol. The number of likely N-dealkylation sites (tertiary alicyclic amines) is 2. The molecule has 2 unspecified atom stereocenters. The number of rotatable bonds is 13. The zero-order valence-electron chi connectivity index (χ0n) is 26.2. The Morgan fingerprint density at radius 3 is 2.21 bits per heavy atom. The van der Waals surface area contributed by atoms with Gasteiger partial charge in [-0.15, -0.1) is 0 Å². The number of benzene rings is 2. The molecule has 2 aromatic carbocycles. The maximum absolute atomic E-state index is 13.4. The highest BCUT2D eigenvalue weighted by Crippen LogP contribution is 2.37. The molecule has 2 aliphatic rings. The molecular weight excluding hydrogens is 671 g/mol. The van der Waals surface area contributed by atoms with E-state index in [1.807, 2.05) is 0 Å². The van der Waals surface area contributed by atoms with Gasteiger partial charge in [-0.3, -0.25) is 4.90 Å². The lowest BCUT2D eigenvalue weighted by Gasteiger charge is -2.40. The molecule has 47 heavy (non-hydrogen) atoms. The zero-order valence-corrected chi connectivity index (χ0v) is 27.7. The third kappa shape index (κ3) is 11.0. The van der Waals surface area contributed by atoms with Crippen LogP contribution in [-0.2, 0) is 28.5 Å². The number of ether oxygens (including phenoxy) is 1. The molecule has 1 N–H and O–H groups in total. The lowest BCUT2D eigenvalue weighted by molar-refractivity contribution is -0.143. The predicted octanol–water partition coefficient (Wildman–Crippen LogP) is 8.28. The van der Waals surface area contributed by atoms with E-state index in [9.17, 15) is 31.4 Å². The average molecular weight is 713 g/mol. The van der Waals surface area contributed by atoms with Gasteiger partial charge < -0.3 is 19.6 Å². The van der Waals surface area contributed by atoms with E-state index in [1.165, 1.54) is 7.11 Å². The lowest BCUT2D eigenvalue weighted by Crippen LogP contribution is -2.46. The minimum atomic E-state index is -4.96. The van der Waals surface area contributed by atoms with Crippen LogP contribution in [0.5, 0.6) is 0 Å². The summed E-state index contributed by atoms with van der Waals surface area (Å²) in [6.07, 6.45) is -3.91. The Hall–Kier alpha value is -2.09. The summed E-state index contributed by atoms with van der Waals surface area (Å²) < 4.78 is 85.8. The van der Waals surface area contributed by atoms with Gasteiger partial charge in [0.25, 0.3) is 0 Å². The Morgan fingerprint density at radius 1 is 0.936 bits per heavy atom. The quantitative estimate of drug-likeness (QED) is 0.129. The van der Waals surface area contributed by atoms with E-state index in [4.69, 9.17) is 32.8 Å². The molecule has 2 aromatic rings. The molecule has 262 valence electrons. The number of hydrogen-bond acceptors (Lipinski definition) is 6. The maximum atomic E-state index is 13.4. The van der Waals surface area contributed by atoms with Gasteiger partial charge in [-0.25, -0.2) is 0 Å². The van der Waals surface area contributed by atoms with Crippen molar-refractivity contribution in [1.29, 1.82) is 0 Å². The third-order valence-corrected chi connectivity index (χ3v) is 9.76. The van der Waals surface area contributed by atoms with Crippen LogP contribution in [0.3, 0.4) is 0 Å². The molecule has 0 saturated carbocycles. The first-order chi connectivity index (χ1) is 22.3. The van der Waals surface area contributed by atoms with Crippen LogP contribution in [0.4, 0.5) is 26.3 Å². The maximum Gasteiger partial charge on any atom is 0.416 e. The molecule has 0 amide bonds. The van der Waals surface area contributed by atoms with Gasteiger partial charge in [-0.2, -0.15) is 26.3 Å². The number of alkyl halides is 6. The first-order valence-electron chi connectivity index (χ1n) is 15.8. The fourth-order valence-corrected chi connectivity index (χ4v) is 6.79. The average Bonchev–Trinajstić information content (AvgIpc) is 3.03. The molecule has 0 radical (unpaired) electrons. The second-order valence-electron chi connectivity index (χ2n) is 12.3. The van der Waals surface area contributed by atoms with Gasteiger partial charge >= 0.3 is 12.4 Å². The lowest BCUT2D eigenvalue weighted by atomic mass is 9.89. The van der Waals surface area contributed by atoms with Crippen molar-refractivity contribution in [3.8, 4) is 0 Å². The molecule has 0 aromatic heterocycles. The summed E-state index contributed by atoms with van der Waals surface area (Å²) in [5.74, 6) is 0.172. The summed E-state index contributed by atoms with van der Waals surface area (Å²) in [6.45, 7) is 4.00. The highest BCUT2D eigenvalue weighted by molar-refractivity contribution is 6.42. The number of aliphatic hydroxyl groups is 1. The Balaban J connectivity index is 1.43. The largest absolute Gasteiger partial charge is 0.416 e. The van der Waals surface area contributed by atoms with Crippen LogP contribution in [-0.4, -0.2) is 79.7 Å². The Labute approximate surface area is 281 Å². The van der Waals surface area contributed by atoms with Crippen molar-refractivity contribution >= 4 is 28.9 Å². The third-order valence-electron chi connectivity index (χ3n) is 9.02. The second kappa shape index (κ2) is 17.0. The highest BCUT2D eigenvalue weighted by Gasteiger charge is 2.37. The minimum absolute atomic E-state index is 0.0872. The summed E-state index contributed by atoms with van der Waals surface area (Å²) in [7, 11) is 1.35. The first kappa shape index (κ1) is 37.7. The SMILES string of the molecule is CO/N=C(\COCc1cc(C(F)(F)F)cc(C(F)(F)F)c1)C(CCN1CCC(CN2CCCCC2CO)CC1)c1ccc(Cl)c(Cl)c1. The van der Waals surface area contributed by atoms with E-state index >= 15 is 0 Å². The summed E-state index contributed by atoms with van der Waals surface area (Å²) in [5, 5.41) is 14.6. The molecule has 14 heteroatoms. The van der Waals surface area contributed by atoms with Crippen LogP contribution in [0.25, 0.3) is 0 Å². The molecule has 0 spiro atoms. The van der Waals surface area contributed by atoms with Crippen LogP contribution in [0, 0.1) is 5.92 Å². The van der Waals surface area contributed by atoms with Gasteiger partial charge in [0, 0.05) is 18.5 Å². The smallest absolute Gasteiger partial charge is 0.399 e. The van der Waals surface area contributed by atoms with E-state index in [1.54, 1.807) is 18.2 Å². The van der Waals surface area contributed by atoms with Gasteiger partial charge in [-0.1, -0.05) is 40.8 Å². The van der Waals surface area contributed by atoms with Crippen molar-refractivity contribution in [2.24, 2.45) is 11.1 Å². The van der Waals surface area contributed by atoms with Crippen molar-refractivity contribution in [3.63, 3.8) is 0 Å². The van der Waals surface area contributed by atoms with Crippen molar-refractivity contribution in [2.45, 2.75) is 69.4 Å². The fourth-order valence-electron chi connectivity index (χ4n) is 6.48. The molecule has 6 nitrogen and oxygen atoms in total. The first-order valence-corrected chi connectivity index (χ1v) is 16.5. The van der Waals surface area contributed by atoms with Gasteiger partial charge in [0.1, 0.15) is 7.11 Å². The zero-order chi connectivity index (χ0) is 34.2. The number of nitrogens with zero attached hydrogens (tertiary/aromatic N) is 3. The number of oxime groups is 1. The standard InChI is InChI=1S/C33H41Cl2F6N3O3/c1-46-42-31(21-47-20-23-14-25(32(36,37)38)17-26(15-23)33(39,40)41)28(24-5-6-29(34)30(35)16-24)9-13-43-11-7-22(8-12-43)18-44-10-3-2-4-27(44)19-45/h5-6,14-17,22,27-28,45H,2-4,7-13,18-21H2,1H3/b42-31+. The molecular formula is C33H41Cl2F6N3O3. The van der Waals surface area contributed by atoms with Crippen LogP contribution in [0.15, 0.2) is 41.6 Å². The van der Waals surface area contributed by atoms with E-state index in [-0.39, 0.29) is 36.8 Å². The van der Waals surface area contributed by atoms with Crippen LogP contribution in [0.2, 0.25) is 10.0 Å². The summed E-state index contributed by atoms with van der Waals surface area (Å²) in [6, 6.07) is 6.80. The monoisotopic (exact) mass is 711 g/mol. The Morgan fingerprint density at radius 2 is 1.62 bits per heavy atom. The second-order valence-corrected chi connectivity index (χ2v) is 13.1. The number of piperidine rings is 2. The molecule has 2 atom stereocenters. The molecule has 2 heterocycles. The minimum Gasteiger partial charge on any atom is -0.399 e. The summed E-state index contributed by atoms with van der Waals surface area (Å²) in [5.41, 5.74) is -1.90. The van der Waals surface area contributed by atoms with Crippen molar-refractivity contribution in [3.05, 3.63) is 68.7 Å². The van der Waals surface area contributed by atoms with Gasteiger partial charge in [0.15, 0.2) is 0 Å². The number of halogens is 8. The summed E-state index contributed by atoms with van der Waals surface area (Å²) in [4.78, 5) is 9.90. The molecule has 0 bridgehead atoms. The molecule has 2 fully saturated rings. The van der Waals surface area contributed by atoms with Crippen LogP contribution in [0.1, 0.15) is 66.7 Å². The van der Waals surface area contributed by atoms with Gasteiger partial charge in [0.2, 0.25) is 0 Å². The number of aliphatic hydroxyl groups excluding tert-OH is 1. The number of hydrogen-bond donors (Lipinski definition) is 1. The van der Waals surface area contributed by atoms with Crippen molar-refractivity contribution < 1.29 is 41.0 Å². The van der Waals surface area contributed by atoms with E-state index in [0.717, 1.165) is 63.8 Å². The Kier molecular flexibility index (Phi) is 13.7. The van der Waals surface area contributed by atoms with E-state index < -0.39 is 30.1 Å². The fraction of sp³-hybridized carbons (Fsp3) is 0.606. The molecule has 2 aliphatic heterocycles. The van der Waals surface area contributed by atoms with E-state index in [2.05, 4.69) is 15.0 Å². The van der Waals surface area contributed by atoms with Gasteiger partial charge in [-0.05, 0) is 106 Å².